The van der Waals surface area contributed by atoms with E-state index in [0.29, 0.717) is 17.7 Å². The minimum absolute atomic E-state index is 0.230. The van der Waals surface area contributed by atoms with Gasteiger partial charge in [0, 0.05) is 11.4 Å². The van der Waals surface area contributed by atoms with E-state index in [1.54, 1.807) is 0 Å². The maximum absolute atomic E-state index is 13.3. The fourth-order valence-corrected chi connectivity index (χ4v) is 2.35. The highest BCUT2D eigenvalue weighted by Gasteiger charge is 2.01. The number of benzene rings is 1. The molecule has 1 nitrogen and oxygen atoms in total. The molecule has 1 aromatic carbocycles. The molecule has 0 saturated heterocycles. The van der Waals surface area contributed by atoms with Crippen molar-refractivity contribution in [2.45, 2.75) is 57.2 Å². The molecule has 1 aromatic rings. The number of alkyl halides is 1. The van der Waals surface area contributed by atoms with Crippen molar-refractivity contribution in [3.8, 4) is 5.75 Å². The standard InChI is InChI=1S/C16H24BrFO/c1-2-3-4-5-6-7-8-9-19-16-11-14(13-17)10-15(18)12-16/h10-12H,2-9,13H2,1H3. The number of unbranched alkanes of at least 4 members (excludes halogenated alkanes) is 6. The molecule has 0 spiro atoms. The van der Waals surface area contributed by atoms with Crippen LogP contribution in [0.4, 0.5) is 4.39 Å². The molecule has 3 heteroatoms. The first-order valence-corrected chi connectivity index (χ1v) is 8.36. The topological polar surface area (TPSA) is 9.23 Å². The fourth-order valence-electron chi connectivity index (χ4n) is 2.03. The summed E-state index contributed by atoms with van der Waals surface area (Å²) in [6.45, 7) is 2.91. The molecule has 19 heavy (non-hydrogen) atoms. The van der Waals surface area contributed by atoms with Crippen LogP contribution in [0.25, 0.3) is 0 Å². The van der Waals surface area contributed by atoms with Crippen molar-refractivity contribution in [1.82, 2.24) is 0 Å². The van der Waals surface area contributed by atoms with Crippen LogP contribution in [0.5, 0.6) is 5.75 Å². The Morgan fingerprint density at radius 1 is 1.00 bits per heavy atom. The van der Waals surface area contributed by atoms with Crippen molar-refractivity contribution in [1.29, 1.82) is 0 Å². The molecule has 0 N–H and O–H groups in total. The maximum Gasteiger partial charge on any atom is 0.127 e. The summed E-state index contributed by atoms with van der Waals surface area (Å²) in [4.78, 5) is 0. The lowest BCUT2D eigenvalue weighted by Crippen LogP contribution is -1.98. The average Bonchev–Trinajstić information content (AvgIpc) is 2.41. The van der Waals surface area contributed by atoms with E-state index >= 15 is 0 Å². The molecular formula is C16H24BrFO. The lowest BCUT2D eigenvalue weighted by atomic mass is 10.1. The molecule has 108 valence electrons. The molecule has 0 saturated carbocycles. The van der Waals surface area contributed by atoms with E-state index in [9.17, 15) is 4.39 Å². The van der Waals surface area contributed by atoms with Gasteiger partial charge in [-0.25, -0.2) is 4.39 Å². The fraction of sp³-hybridized carbons (Fsp3) is 0.625. The van der Waals surface area contributed by atoms with Gasteiger partial charge in [-0.05, 0) is 24.1 Å². The van der Waals surface area contributed by atoms with E-state index in [-0.39, 0.29) is 5.82 Å². The van der Waals surface area contributed by atoms with Gasteiger partial charge in [-0.2, -0.15) is 0 Å². The van der Waals surface area contributed by atoms with E-state index in [1.165, 1.54) is 50.7 Å². The normalized spacial score (nSPS) is 10.7. The molecule has 0 aromatic heterocycles. The molecule has 0 radical (unpaired) electrons. The quantitative estimate of drug-likeness (QED) is 0.386. The first-order valence-electron chi connectivity index (χ1n) is 7.24. The highest BCUT2D eigenvalue weighted by molar-refractivity contribution is 9.08. The van der Waals surface area contributed by atoms with Gasteiger partial charge in [0.25, 0.3) is 0 Å². The smallest absolute Gasteiger partial charge is 0.127 e. The largest absolute Gasteiger partial charge is 0.493 e. The lowest BCUT2D eigenvalue weighted by Gasteiger charge is -2.07. The van der Waals surface area contributed by atoms with Crippen LogP contribution < -0.4 is 4.74 Å². The Bertz CT molecular complexity index is 355. The minimum atomic E-state index is -0.230. The van der Waals surface area contributed by atoms with Crippen molar-refractivity contribution in [2.24, 2.45) is 0 Å². The van der Waals surface area contributed by atoms with Gasteiger partial charge in [0.2, 0.25) is 0 Å². The van der Waals surface area contributed by atoms with Crippen LogP contribution in [-0.4, -0.2) is 6.61 Å². The van der Waals surface area contributed by atoms with Gasteiger partial charge in [-0.1, -0.05) is 61.4 Å². The predicted molar refractivity (Wildman–Crippen MR) is 82.5 cm³/mol. The van der Waals surface area contributed by atoms with Crippen LogP contribution in [0.2, 0.25) is 0 Å². The zero-order valence-electron chi connectivity index (χ0n) is 11.8. The summed E-state index contributed by atoms with van der Waals surface area (Å²) in [5, 5.41) is 0.651. The van der Waals surface area contributed by atoms with Gasteiger partial charge in [0.1, 0.15) is 11.6 Å². The molecule has 0 fully saturated rings. The second-order valence-electron chi connectivity index (χ2n) is 4.90. The summed E-state index contributed by atoms with van der Waals surface area (Å²) in [7, 11) is 0. The molecule has 0 amide bonds. The third-order valence-electron chi connectivity index (χ3n) is 3.10. The van der Waals surface area contributed by atoms with Crippen molar-refractivity contribution in [3.05, 3.63) is 29.6 Å². The van der Waals surface area contributed by atoms with Gasteiger partial charge >= 0.3 is 0 Å². The summed E-state index contributed by atoms with van der Waals surface area (Å²) in [5.74, 6) is 0.409. The molecule has 0 unspecified atom stereocenters. The first kappa shape index (κ1) is 16.5. The number of halogens is 2. The summed E-state index contributed by atoms with van der Waals surface area (Å²) in [5.41, 5.74) is 0.912. The van der Waals surface area contributed by atoms with Crippen LogP contribution in [0, 0.1) is 5.82 Å². The van der Waals surface area contributed by atoms with Gasteiger partial charge in [-0.3, -0.25) is 0 Å². The molecule has 0 aliphatic rings. The molecule has 0 aliphatic carbocycles. The number of hydrogen-bond donors (Lipinski definition) is 0. The van der Waals surface area contributed by atoms with Crippen molar-refractivity contribution in [2.75, 3.05) is 6.61 Å². The third-order valence-corrected chi connectivity index (χ3v) is 3.75. The highest BCUT2D eigenvalue weighted by atomic mass is 79.9. The molecule has 0 aliphatic heterocycles. The van der Waals surface area contributed by atoms with E-state index in [0.717, 1.165) is 12.0 Å². The van der Waals surface area contributed by atoms with Gasteiger partial charge in [-0.15, -0.1) is 0 Å². The molecule has 0 bridgehead atoms. The van der Waals surface area contributed by atoms with Crippen LogP contribution in [-0.2, 0) is 5.33 Å². The predicted octanol–water partition coefficient (Wildman–Crippen LogP) is 5.85. The Labute approximate surface area is 124 Å². The van der Waals surface area contributed by atoms with Crippen LogP contribution in [0.15, 0.2) is 18.2 Å². The van der Waals surface area contributed by atoms with Crippen molar-refractivity contribution in [3.63, 3.8) is 0 Å². The summed E-state index contributed by atoms with van der Waals surface area (Å²) in [6.07, 6.45) is 8.82. The monoisotopic (exact) mass is 330 g/mol. The van der Waals surface area contributed by atoms with Crippen molar-refractivity contribution < 1.29 is 9.13 Å². The van der Waals surface area contributed by atoms with Crippen LogP contribution >= 0.6 is 15.9 Å². The van der Waals surface area contributed by atoms with E-state index in [2.05, 4.69) is 22.9 Å². The zero-order chi connectivity index (χ0) is 13.9. The van der Waals surface area contributed by atoms with Gasteiger partial charge in [0.05, 0.1) is 6.61 Å². The van der Waals surface area contributed by atoms with Gasteiger partial charge < -0.3 is 4.74 Å². The van der Waals surface area contributed by atoms with Crippen LogP contribution in [0.3, 0.4) is 0 Å². The van der Waals surface area contributed by atoms with Gasteiger partial charge in [0.15, 0.2) is 0 Å². The van der Waals surface area contributed by atoms with E-state index in [1.807, 2.05) is 6.07 Å². The summed E-state index contributed by atoms with van der Waals surface area (Å²) >= 11 is 3.33. The Balaban J connectivity index is 2.13. The number of rotatable bonds is 10. The average molecular weight is 331 g/mol. The first-order chi connectivity index (χ1) is 9.26. The second-order valence-corrected chi connectivity index (χ2v) is 5.46. The third kappa shape index (κ3) is 7.56. The minimum Gasteiger partial charge on any atom is -0.493 e. The van der Waals surface area contributed by atoms with E-state index < -0.39 is 0 Å². The Morgan fingerprint density at radius 2 is 1.68 bits per heavy atom. The molecule has 0 atom stereocenters. The van der Waals surface area contributed by atoms with Crippen LogP contribution in [0.1, 0.15) is 57.4 Å². The number of hydrogen-bond acceptors (Lipinski definition) is 1. The van der Waals surface area contributed by atoms with Crippen molar-refractivity contribution >= 4 is 15.9 Å². The second kappa shape index (κ2) is 10.2. The SMILES string of the molecule is CCCCCCCCCOc1cc(F)cc(CBr)c1. The highest BCUT2D eigenvalue weighted by Crippen LogP contribution is 2.18. The Morgan fingerprint density at radius 3 is 2.37 bits per heavy atom. The molecule has 0 heterocycles. The zero-order valence-corrected chi connectivity index (χ0v) is 13.3. The summed E-state index contributed by atoms with van der Waals surface area (Å²) < 4.78 is 18.9. The molecular weight excluding hydrogens is 307 g/mol. The Hall–Kier alpha value is -0.570. The maximum atomic E-state index is 13.3. The Kier molecular flexibility index (Phi) is 8.89. The number of ether oxygens (including phenoxy) is 1. The molecule has 1 rings (SSSR count). The lowest BCUT2D eigenvalue weighted by molar-refractivity contribution is 0.302. The van der Waals surface area contributed by atoms with E-state index in [4.69, 9.17) is 4.74 Å². The summed E-state index contributed by atoms with van der Waals surface area (Å²) in [6, 6.07) is 4.86.